The third-order valence-corrected chi connectivity index (χ3v) is 4.05. The Kier molecular flexibility index (Phi) is 4.95. The lowest BCUT2D eigenvalue weighted by Gasteiger charge is -2.11. The van der Waals surface area contributed by atoms with E-state index in [4.69, 9.17) is 11.6 Å². The van der Waals surface area contributed by atoms with Crippen LogP contribution in [0.15, 0.2) is 60.8 Å². The number of hydrogen-bond donors (Lipinski definition) is 2. The molecule has 126 valence electrons. The van der Waals surface area contributed by atoms with Crippen molar-refractivity contribution in [3.05, 3.63) is 82.8 Å². The zero-order valence-corrected chi connectivity index (χ0v) is 14.1. The largest absolute Gasteiger partial charge is 0.354 e. The summed E-state index contributed by atoms with van der Waals surface area (Å²) in [5.74, 6) is -0.502. The van der Waals surface area contributed by atoms with Gasteiger partial charge in [-0.05, 0) is 55.0 Å². The predicted octanol–water partition coefficient (Wildman–Crippen LogP) is 5.18. The lowest BCUT2D eigenvalue weighted by molar-refractivity contribution is 0.102. The van der Waals surface area contributed by atoms with E-state index in [9.17, 15) is 9.18 Å². The minimum Gasteiger partial charge on any atom is -0.354 e. The zero-order chi connectivity index (χ0) is 17.8. The Bertz CT molecular complexity index is 913. The Hall–Kier alpha value is -2.92. The molecule has 0 atom stereocenters. The summed E-state index contributed by atoms with van der Waals surface area (Å²) in [5, 5.41) is 6.53. The zero-order valence-electron chi connectivity index (χ0n) is 13.4. The molecular weight excluding hydrogens is 341 g/mol. The van der Waals surface area contributed by atoms with Gasteiger partial charge in [-0.2, -0.15) is 0 Å². The van der Waals surface area contributed by atoms with Crippen molar-refractivity contribution < 1.29 is 9.18 Å². The first-order valence-corrected chi connectivity index (χ1v) is 7.96. The van der Waals surface area contributed by atoms with Gasteiger partial charge >= 0.3 is 0 Å². The highest BCUT2D eigenvalue weighted by Gasteiger charge is 2.08. The molecule has 0 unspecified atom stereocenters. The monoisotopic (exact) mass is 355 g/mol. The molecule has 1 heterocycles. The van der Waals surface area contributed by atoms with E-state index in [0.717, 1.165) is 16.9 Å². The maximum atomic E-state index is 13.2. The quantitative estimate of drug-likeness (QED) is 0.678. The predicted molar refractivity (Wildman–Crippen MR) is 98.1 cm³/mol. The van der Waals surface area contributed by atoms with Crippen LogP contribution < -0.4 is 10.6 Å². The SMILES string of the molecule is Cc1c(Cl)cccc1Nc1ccc(NC(=O)c2cccc(F)c2)nc1. The van der Waals surface area contributed by atoms with E-state index >= 15 is 0 Å². The number of carbonyl (C=O) groups is 1. The number of anilines is 3. The van der Waals surface area contributed by atoms with Crippen molar-refractivity contribution in [1.82, 2.24) is 4.98 Å². The summed E-state index contributed by atoms with van der Waals surface area (Å²) in [6.07, 6.45) is 1.60. The fraction of sp³-hybridized carbons (Fsp3) is 0.0526. The van der Waals surface area contributed by atoms with Gasteiger partial charge in [-0.1, -0.05) is 23.7 Å². The lowest BCUT2D eigenvalue weighted by Crippen LogP contribution is -2.13. The Morgan fingerprint density at radius 3 is 2.64 bits per heavy atom. The molecule has 0 saturated heterocycles. The van der Waals surface area contributed by atoms with Gasteiger partial charge in [0.1, 0.15) is 11.6 Å². The molecule has 2 aromatic carbocycles. The number of carbonyl (C=O) groups excluding carboxylic acids is 1. The third kappa shape index (κ3) is 4.14. The average molecular weight is 356 g/mol. The summed E-state index contributed by atoms with van der Waals surface area (Å²) in [4.78, 5) is 16.3. The highest BCUT2D eigenvalue weighted by Crippen LogP contribution is 2.26. The number of pyridine rings is 1. The molecule has 0 aliphatic rings. The molecule has 1 amide bonds. The van der Waals surface area contributed by atoms with Gasteiger partial charge in [0.25, 0.3) is 5.91 Å². The molecule has 0 radical (unpaired) electrons. The van der Waals surface area contributed by atoms with E-state index < -0.39 is 11.7 Å². The number of rotatable bonds is 4. The maximum Gasteiger partial charge on any atom is 0.256 e. The van der Waals surface area contributed by atoms with Gasteiger partial charge in [0.2, 0.25) is 0 Å². The van der Waals surface area contributed by atoms with Crippen LogP contribution >= 0.6 is 11.6 Å². The van der Waals surface area contributed by atoms with Crippen LogP contribution in [0.25, 0.3) is 0 Å². The van der Waals surface area contributed by atoms with Gasteiger partial charge in [-0.25, -0.2) is 9.37 Å². The van der Waals surface area contributed by atoms with Gasteiger partial charge < -0.3 is 10.6 Å². The highest BCUT2D eigenvalue weighted by molar-refractivity contribution is 6.31. The molecule has 0 saturated carbocycles. The van der Waals surface area contributed by atoms with Crippen molar-refractivity contribution in [2.75, 3.05) is 10.6 Å². The summed E-state index contributed by atoms with van der Waals surface area (Å²) >= 11 is 6.10. The second-order valence-corrected chi connectivity index (χ2v) is 5.84. The fourth-order valence-electron chi connectivity index (χ4n) is 2.26. The van der Waals surface area contributed by atoms with Crippen molar-refractivity contribution in [2.24, 2.45) is 0 Å². The number of aromatic nitrogens is 1. The van der Waals surface area contributed by atoms with Crippen molar-refractivity contribution in [2.45, 2.75) is 6.92 Å². The minimum atomic E-state index is -0.461. The molecule has 0 spiro atoms. The number of nitrogens with zero attached hydrogens (tertiary/aromatic N) is 1. The van der Waals surface area contributed by atoms with Crippen LogP contribution in [0.2, 0.25) is 5.02 Å². The molecule has 0 aliphatic heterocycles. The molecule has 1 aromatic heterocycles. The molecule has 4 nitrogen and oxygen atoms in total. The van der Waals surface area contributed by atoms with E-state index in [2.05, 4.69) is 15.6 Å². The van der Waals surface area contributed by atoms with Gasteiger partial charge in [-0.3, -0.25) is 4.79 Å². The summed E-state index contributed by atoms with van der Waals surface area (Å²) in [7, 11) is 0. The minimum absolute atomic E-state index is 0.235. The number of halogens is 2. The molecule has 0 fully saturated rings. The molecule has 3 rings (SSSR count). The number of amides is 1. The van der Waals surface area contributed by atoms with Crippen LogP contribution in [-0.4, -0.2) is 10.9 Å². The summed E-state index contributed by atoms with van der Waals surface area (Å²) < 4.78 is 13.2. The van der Waals surface area contributed by atoms with Crippen LogP contribution in [0.5, 0.6) is 0 Å². The molecular formula is C19H15ClFN3O. The number of benzene rings is 2. The maximum absolute atomic E-state index is 13.2. The van der Waals surface area contributed by atoms with Crippen LogP contribution in [-0.2, 0) is 0 Å². The van der Waals surface area contributed by atoms with Gasteiger partial charge in [0.15, 0.2) is 0 Å². The van der Waals surface area contributed by atoms with E-state index in [0.29, 0.717) is 10.8 Å². The molecule has 25 heavy (non-hydrogen) atoms. The fourth-order valence-corrected chi connectivity index (χ4v) is 2.43. The summed E-state index contributed by atoms with van der Waals surface area (Å²) in [6.45, 7) is 1.92. The average Bonchev–Trinajstić information content (AvgIpc) is 2.60. The van der Waals surface area contributed by atoms with Crippen LogP contribution in [0, 0.1) is 12.7 Å². The third-order valence-electron chi connectivity index (χ3n) is 3.64. The van der Waals surface area contributed by atoms with Gasteiger partial charge in [0, 0.05) is 16.3 Å². The lowest BCUT2D eigenvalue weighted by atomic mass is 10.2. The first kappa shape index (κ1) is 16.9. The van der Waals surface area contributed by atoms with E-state index in [1.807, 2.05) is 25.1 Å². The topological polar surface area (TPSA) is 54.0 Å². The second kappa shape index (κ2) is 7.32. The molecule has 0 aliphatic carbocycles. The number of hydrogen-bond acceptors (Lipinski definition) is 3. The van der Waals surface area contributed by atoms with Crippen molar-refractivity contribution >= 4 is 34.7 Å². The second-order valence-electron chi connectivity index (χ2n) is 5.43. The van der Waals surface area contributed by atoms with Crippen molar-refractivity contribution in [3.8, 4) is 0 Å². The van der Waals surface area contributed by atoms with E-state index in [1.54, 1.807) is 18.3 Å². The highest BCUT2D eigenvalue weighted by atomic mass is 35.5. The van der Waals surface area contributed by atoms with Gasteiger partial charge in [0.05, 0.1) is 11.9 Å². The number of nitrogens with one attached hydrogen (secondary N) is 2. The first-order chi connectivity index (χ1) is 12.0. The first-order valence-electron chi connectivity index (χ1n) is 7.58. The van der Waals surface area contributed by atoms with Crippen LogP contribution in [0.4, 0.5) is 21.6 Å². The molecule has 0 bridgehead atoms. The summed E-state index contributed by atoms with van der Waals surface area (Å²) in [5.41, 5.74) is 2.81. The van der Waals surface area contributed by atoms with Crippen LogP contribution in [0.1, 0.15) is 15.9 Å². The molecule has 2 N–H and O–H groups in total. The standard InChI is InChI=1S/C19H15ClFN3O/c1-12-16(20)6-3-7-17(12)23-15-8-9-18(22-11-15)24-19(25)13-4-2-5-14(21)10-13/h2-11,23H,1H3,(H,22,24,25). The molecule has 3 aromatic rings. The normalized spacial score (nSPS) is 10.4. The Morgan fingerprint density at radius 2 is 1.92 bits per heavy atom. The van der Waals surface area contributed by atoms with E-state index in [1.165, 1.54) is 24.3 Å². The van der Waals surface area contributed by atoms with E-state index in [-0.39, 0.29) is 5.56 Å². The van der Waals surface area contributed by atoms with Crippen molar-refractivity contribution in [1.29, 1.82) is 0 Å². The Balaban J connectivity index is 1.70. The van der Waals surface area contributed by atoms with Crippen LogP contribution in [0.3, 0.4) is 0 Å². The smallest absolute Gasteiger partial charge is 0.256 e. The van der Waals surface area contributed by atoms with Crippen molar-refractivity contribution in [3.63, 3.8) is 0 Å². The Morgan fingerprint density at radius 1 is 1.12 bits per heavy atom. The summed E-state index contributed by atoms with van der Waals surface area (Å²) in [6, 6.07) is 14.5. The molecule has 6 heteroatoms. The Labute approximate surface area is 149 Å². The van der Waals surface area contributed by atoms with Gasteiger partial charge in [-0.15, -0.1) is 0 Å².